The number of rotatable bonds is 0. The summed E-state index contributed by atoms with van der Waals surface area (Å²) < 4.78 is 8.82. The van der Waals surface area contributed by atoms with Gasteiger partial charge in [0, 0.05) is 25.9 Å². The van der Waals surface area contributed by atoms with Crippen molar-refractivity contribution in [2.24, 2.45) is 25.9 Å². The molecule has 21 heavy (non-hydrogen) atoms. The van der Waals surface area contributed by atoms with Gasteiger partial charge in [0.15, 0.2) is 0 Å². The molecule has 2 aliphatic rings. The van der Waals surface area contributed by atoms with Gasteiger partial charge in [-0.1, -0.05) is 13.3 Å². The maximum atomic E-state index is 12.6. The van der Waals surface area contributed by atoms with E-state index in [1.807, 2.05) is 0 Å². The number of fused-ring (bicyclic) bond motifs is 3. The summed E-state index contributed by atoms with van der Waals surface area (Å²) in [6.07, 6.45) is 3.20. The molecule has 0 spiro atoms. The smallest absolute Gasteiger partial charge is 0.333 e. The van der Waals surface area contributed by atoms with E-state index < -0.39 is 0 Å². The maximum absolute atomic E-state index is 12.6. The molecule has 1 aromatic rings. The van der Waals surface area contributed by atoms with E-state index in [1.54, 1.807) is 14.1 Å². The largest absolute Gasteiger partial charge is 0.472 e. The van der Waals surface area contributed by atoms with E-state index in [2.05, 4.69) is 20.8 Å². The molecule has 0 aromatic carbocycles. The van der Waals surface area contributed by atoms with E-state index in [9.17, 15) is 9.59 Å². The number of ether oxygens (including phenoxy) is 1. The van der Waals surface area contributed by atoms with Crippen LogP contribution in [0.4, 0.5) is 0 Å². The summed E-state index contributed by atoms with van der Waals surface area (Å²) in [5.74, 6) is 1.67. The molecule has 5 nitrogen and oxygen atoms in total. The van der Waals surface area contributed by atoms with Crippen LogP contribution in [0.25, 0.3) is 0 Å². The Hall–Kier alpha value is -1.52. The van der Waals surface area contributed by atoms with Crippen LogP contribution in [0.3, 0.4) is 0 Å². The SMILES string of the molecule is C[C@@H]1CC[C@H]2c3c(n(C)c(=O)n(C)c3=O)OC(C)(C)[C@@H]2C1. The Balaban J connectivity index is 2.27. The lowest BCUT2D eigenvalue weighted by molar-refractivity contribution is -0.0249. The van der Waals surface area contributed by atoms with Crippen LogP contribution in [0.5, 0.6) is 5.88 Å². The van der Waals surface area contributed by atoms with Gasteiger partial charge in [-0.3, -0.25) is 13.9 Å². The Morgan fingerprint density at radius 3 is 2.48 bits per heavy atom. The molecule has 1 aromatic heterocycles. The molecule has 2 heterocycles. The molecule has 3 rings (SSSR count). The summed E-state index contributed by atoms with van der Waals surface area (Å²) in [6, 6.07) is 0. The standard InChI is InChI=1S/C16H24N2O3/c1-9-6-7-10-11(8-9)16(2,3)21-14-12(10)13(19)17(4)15(20)18(14)5/h9-11H,6-8H2,1-5H3/t9-,10-,11-/m1/s1. The van der Waals surface area contributed by atoms with Crippen LogP contribution in [0.1, 0.15) is 51.5 Å². The first-order chi connectivity index (χ1) is 9.74. The van der Waals surface area contributed by atoms with Crippen LogP contribution in [0, 0.1) is 11.8 Å². The normalized spacial score (nSPS) is 30.2. The first-order valence-corrected chi connectivity index (χ1v) is 7.73. The monoisotopic (exact) mass is 292 g/mol. The molecular weight excluding hydrogens is 268 g/mol. The van der Waals surface area contributed by atoms with Crippen LogP contribution >= 0.6 is 0 Å². The Morgan fingerprint density at radius 2 is 1.81 bits per heavy atom. The molecule has 0 radical (unpaired) electrons. The Labute approximate surface area is 124 Å². The summed E-state index contributed by atoms with van der Waals surface area (Å²) in [4.78, 5) is 24.7. The van der Waals surface area contributed by atoms with Crippen molar-refractivity contribution < 1.29 is 4.74 Å². The third-order valence-electron chi connectivity index (χ3n) is 5.38. The Kier molecular flexibility index (Phi) is 3.08. The lowest BCUT2D eigenvalue weighted by Crippen LogP contribution is -2.52. The fourth-order valence-corrected chi connectivity index (χ4v) is 4.11. The lowest BCUT2D eigenvalue weighted by Gasteiger charge is -2.48. The van der Waals surface area contributed by atoms with E-state index in [4.69, 9.17) is 4.74 Å². The van der Waals surface area contributed by atoms with Gasteiger partial charge in [-0.2, -0.15) is 0 Å². The molecule has 116 valence electrons. The van der Waals surface area contributed by atoms with Gasteiger partial charge in [0.05, 0.1) is 5.56 Å². The summed E-state index contributed by atoms with van der Waals surface area (Å²) in [5.41, 5.74) is -0.149. The molecule has 0 bridgehead atoms. The van der Waals surface area contributed by atoms with Crippen molar-refractivity contribution in [2.75, 3.05) is 0 Å². The second-order valence-electron chi connectivity index (χ2n) is 7.26. The zero-order chi connectivity index (χ0) is 15.5. The highest BCUT2D eigenvalue weighted by Crippen LogP contribution is 2.51. The van der Waals surface area contributed by atoms with Crippen molar-refractivity contribution in [3.8, 4) is 5.88 Å². The van der Waals surface area contributed by atoms with Crippen molar-refractivity contribution in [1.29, 1.82) is 0 Å². The average molecular weight is 292 g/mol. The van der Waals surface area contributed by atoms with Crippen molar-refractivity contribution >= 4 is 0 Å². The van der Waals surface area contributed by atoms with Gasteiger partial charge >= 0.3 is 5.69 Å². The third-order valence-corrected chi connectivity index (χ3v) is 5.38. The van der Waals surface area contributed by atoms with E-state index in [0.29, 0.717) is 23.3 Å². The van der Waals surface area contributed by atoms with Crippen molar-refractivity contribution in [2.45, 2.75) is 51.6 Å². The average Bonchev–Trinajstić information content (AvgIpc) is 2.43. The minimum Gasteiger partial charge on any atom is -0.472 e. The van der Waals surface area contributed by atoms with Gasteiger partial charge in [-0.25, -0.2) is 4.79 Å². The molecule has 1 aliphatic heterocycles. The number of nitrogens with zero attached hydrogens (tertiary/aromatic N) is 2. The molecule has 3 atom stereocenters. The lowest BCUT2D eigenvalue weighted by atomic mass is 9.65. The number of hydrogen-bond donors (Lipinski definition) is 0. The second kappa shape index (κ2) is 4.49. The highest BCUT2D eigenvalue weighted by molar-refractivity contribution is 5.34. The quantitative estimate of drug-likeness (QED) is 0.732. The van der Waals surface area contributed by atoms with E-state index in [-0.39, 0.29) is 22.8 Å². The topological polar surface area (TPSA) is 53.2 Å². The van der Waals surface area contributed by atoms with Crippen LogP contribution in [-0.4, -0.2) is 14.7 Å². The third kappa shape index (κ3) is 1.97. The molecule has 0 N–H and O–H groups in total. The van der Waals surface area contributed by atoms with E-state index in [1.165, 1.54) is 9.13 Å². The minimum absolute atomic E-state index is 0.187. The first-order valence-electron chi connectivity index (χ1n) is 7.73. The minimum atomic E-state index is -0.344. The van der Waals surface area contributed by atoms with E-state index in [0.717, 1.165) is 19.3 Å². The van der Waals surface area contributed by atoms with Crippen LogP contribution in [0.2, 0.25) is 0 Å². The van der Waals surface area contributed by atoms with Crippen molar-refractivity contribution in [1.82, 2.24) is 9.13 Å². The van der Waals surface area contributed by atoms with Gasteiger partial charge in [0.1, 0.15) is 5.60 Å². The number of hydrogen-bond acceptors (Lipinski definition) is 3. The van der Waals surface area contributed by atoms with Crippen LogP contribution < -0.4 is 16.0 Å². The Bertz CT molecular complexity index is 699. The molecular formula is C16H24N2O3. The Morgan fingerprint density at radius 1 is 1.14 bits per heavy atom. The summed E-state index contributed by atoms with van der Waals surface area (Å²) in [5, 5.41) is 0. The molecule has 0 unspecified atom stereocenters. The predicted molar refractivity (Wildman–Crippen MR) is 80.9 cm³/mol. The second-order valence-corrected chi connectivity index (χ2v) is 7.26. The zero-order valence-electron chi connectivity index (χ0n) is 13.5. The summed E-state index contributed by atoms with van der Waals surface area (Å²) in [7, 11) is 3.23. The predicted octanol–water partition coefficient (Wildman–Crippen LogP) is 1.77. The van der Waals surface area contributed by atoms with Crippen LogP contribution in [-0.2, 0) is 14.1 Å². The van der Waals surface area contributed by atoms with Crippen molar-refractivity contribution in [3.63, 3.8) is 0 Å². The highest BCUT2D eigenvalue weighted by atomic mass is 16.5. The summed E-state index contributed by atoms with van der Waals surface area (Å²) in [6.45, 7) is 6.42. The molecule has 1 aliphatic carbocycles. The molecule has 0 amide bonds. The van der Waals surface area contributed by atoms with Gasteiger partial charge in [0.2, 0.25) is 5.88 Å². The maximum Gasteiger partial charge on any atom is 0.333 e. The number of aromatic nitrogens is 2. The fourth-order valence-electron chi connectivity index (χ4n) is 4.11. The van der Waals surface area contributed by atoms with Crippen molar-refractivity contribution in [3.05, 3.63) is 26.4 Å². The van der Waals surface area contributed by atoms with Gasteiger partial charge in [-0.05, 0) is 32.6 Å². The molecule has 1 fully saturated rings. The fraction of sp³-hybridized carbons (Fsp3) is 0.750. The van der Waals surface area contributed by atoms with Crippen LogP contribution in [0.15, 0.2) is 9.59 Å². The first kappa shape index (κ1) is 14.4. The highest BCUT2D eigenvalue weighted by Gasteiger charge is 2.48. The van der Waals surface area contributed by atoms with Gasteiger partial charge in [0.25, 0.3) is 5.56 Å². The van der Waals surface area contributed by atoms with Gasteiger partial charge in [-0.15, -0.1) is 0 Å². The summed E-state index contributed by atoms with van der Waals surface area (Å²) >= 11 is 0. The van der Waals surface area contributed by atoms with E-state index >= 15 is 0 Å². The molecule has 5 heteroatoms. The zero-order valence-corrected chi connectivity index (χ0v) is 13.5. The van der Waals surface area contributed by atoms with Gasteiger partial charge < -0.3 is 4.74 Å². The molecule has 1 saturated carbocycles. The molecule has 0 saturated heterocycles.